The number of aryl methyl sites for hydroxylation is 2. The molecule has 1 rings (SSSR count). The molecule has 0 saturated carbocycles. The van der Waals surface area contributed by atoms with Gasteiger partial charge in [-0.15, -0.1) is 11.8 Å². The summed E-state index contributed by atoms with van der Waals surface area (Å²) in [6.45, 7) is 8.27. The van der Waals surface area contributed by atoms with Crippen molar-refractivity contribution >= 4 is 11.8 Å². The zero-order valence-electron chi connectivity index (χ0n) is 11.1. The maximum absolute atomic E-state index is 9.13. The normalized spacial score (nSPS) is 12.3. The topological polar surface area (TPSA) is 33.0 Å². The van der Waals surface area contributed by atoms with Gasteiger partial charge in [-0.1, -0.05) is 13.8 Å². The van der Waals surface area contributed by atoms with Crippen LogP contribution < -0.4 is 4.74 Å². The highest BCUT2D eigenvalue weighted by Crippen LogP contribution is 2.36. The molecule has 0 aliphatic rings. The fraction of sp³-hybridized carbons (Fsp3) is 0.500. The first-order chi connectivity index (χ1) is 7.99. The maximum atomic E-state index is 9.13. The first kappa shape index (κ1) is 13.9. The second kappa shape index (κ2) is 5.97. The SMILES string of the molecule is COc1cc(C)c(C)cc1SC(C#N)C(C)C. The maximum Gasteiger partial charge on any atom is 0.132 e. The number of nitrogens with zero attached hydrogens (tertiary/aromatic N) is 1. The Morgan fingerprint density at radius 3 is 2.29 bits per heavy atom. The first-order valence-electron chi connectivity index (χ1n) is 5.71. The molecule has 0 aromatic heterocycles. The molecule has 1 unspecified atom stereocenters. The Kier molecular flexibility index (Phi) is 4.89. The number of rotatable bonds is 4. The van der Waals surface area contributed by atoms with Crippen molar-refractivity contribution in [3.8, 4) is 11.8 Å². The molecule has 0 aliphatic carbocycles. The smallest absolute Gasteiger partial charge is 0.132 e. The van der Waals surface area contributed by atoms with Gasteiger partial charge < -0.3 is 4.74 Å². The van der Waals surface area contributed by atoms with Crippen LogP contribution in [0.25, 0.3) is 0 Å². The summed E-state index contributed by atoms with van der Waals surface area (Å²) in [6, 6.07) is 6.48. The van der Waals surface area contributed by atoms with Gasteiger partial charge in [-0.3, -0.25) is 0 Å². The van der Waals surface area contributed by atoms with Gasteiger partial charge in [0.1, 0.15) is 5.75 Å². The van der Waals surface area contributed by atoms with Crippen LogP contribution in [0.3, 0.4) is 0 Å². The summed E-state index contributed by atoms with van der Waals surface area (Å²) in [5.41, 5.74) is 2.44. The largest absolute Gasteiger partial charge is 0.496 e. The molecule has 0 spiro atoms. The van der Waals surface area contributed by atoms with Gasteiger partial charge in [0.25, 0.3) is 0 Å². The van der Waals surface area contributed by atoms with Crippen LogP contribution in [0.4, 0.5) is 0 Å². The Morgan fingerprint density at radius 2 is 1.82 bits per heavy atom. The molecule has 1 aromatic carbocycles. The molecule has 3 heteroatoms. The zero-order valence-corrected chi connectivity index (χ0v) is 11.9. The lowest BCUT2D eigenvalue weighted by atomic mass is 10.1. The highest BCUT2D eigenvalue weighted by atomic mass is 32.2. The zero-order chi connectivity index (χ0) is 13.0. The third kappa shape index (κ3) is 3.41. The summed E-state index contributed by atoms with van der Waals surface area (Å²) in [5, 5.41) is 9.10. The molecule has 1 atom stereocenters. The van der Waals surface area contributed by atoms with Gasteiger partial charge in [-0.25, -0.2) is 0 Å². The lowest BCUT2D eigenvalue weighted by Gasteiger charge is -2.16. The number of hydrogen-bond donors (Lipinski definition) is 0. The quantitative estimate of drug-likeness (QED) is 0.757. The summed E-state index contributed by atoms with van der Waals surface area (Å²) in [5.74, 6) is 1.19. The second-order valence-corrected chi connectivity index (χ2v) is 5.68. The van der Waals surface area contributed by atoms with Gasteiger partial charge in [-0.2, -0.15) is 5.26 Å². The van der Waals surface area contributed by atoms with Crippen molar-refractivity contribution in [3.63, 3.8) is 0 Å². The van der Waals surface area contributed by atoms with E-state index in [1.165, 1.54) is 11.1 Å². The van der Waals surface area contributed by atoms with E-state index in [1.54, 1.807) is 18.9 Å². The van der Waals surface area contributed by atoms with Crippen LogP contribution in [0.2, 0.25) is 0 Å². The first-order valence-corrected chi connectivity index (χ1v) is 6.59. The Labute approximate surface area is 108 Å². The van der Waals surface area contributed by atoms with Crippen LogP contribution in [-0.4, -0.2) is 12.4 Å². The highest BCUT2D eigenvalue weighted by molar-refractivity contribution is 8.00. The number of nitriles is 1. The molecule has 0 fully saturated rings. The average Bonchev–Trinajstić information content (AvgIpc) is 2.29. The fourth-order valence-corrected chi connectivity index (χ4v) is 2.56. The van der Waals surface area contributed by atoms with E-state index in [0.29, 0.717) is 5.92 Å². The fourth-order valence-electron chi connectivity index (χ4n) is 1.46. The molecule has 92 valence electrons. The van der Waals surface area contributed by atoms with E-state index in [1.807, 2.05) is 6.07 Å². The number of benzene rings is 1. The van der Waals surface area contributed by atoms with E-state index < -0.39 is 0 Å². The van der Waals surface area contributed by atoms with Crippen molar-refractivity contribution in [2.24, 2.45) is 5.92 Å². The molecule has 2 nitrogen and oxygen atoms in total. The Bertz CT molecular complexity index is 435. The van der Waals surface area contributed by atoms with Crippen LogP contribution in [0.15, 0.2) is 17.0 Å². The van der Waals surface area contributed by atoms with Gasteiger partial charge in [0.05, 0.1) is 23.3 Å². The minimum atomic E-state index is -0.0361. The summed E-state index contributed by atoms with van der Waals surface area (Å²) >= 11 is 1.58. The highest BCUT2D eigenvalue weighted by Gasteiger charge is 2.17. The third-order valence-corrected chi connectivity index (χ3v) is 4.24. The average molecular weight is 249 g/mol. The van der Waals surface area contributed by atoms with Crippen LogP contribution in [0, 0.1) is 31.1 Å². The van der Waals surface area contributed by atoms with Gasteiger partial charge in [-0.05, 0) is 43.0 Å². The predicted octanol–water partition coefficient (Wildman–Crippen LogP) is 3.95. The Balaban J connectivity index is 3.05. The summed E-state index contributed by atoms with van der Waals surface area (Å²) < 4.78 is 5.38. The minimum absolute atomic E-state index is 0.0361. The summed E-state index contributed by atoms with van der Waals surface area (Å²) in [7, 11) is 1.67. The number of hydrogen-bond acceptors (Lipinski definition) is 3. The third-order valence-electron chi connectivity index (χ3n) is 2.77. The molecule has 0 radical (unpaired) electrons. The van der Waals surface area contributed by atoms with Crippen molar-refractivity contribution in [1.29, 1.82) is 5.26 Å². The molecular weight excluding hydrogens is 230 g/mol. The number of thioether (sulfide) groups is 1. The van der Waals surface area contributed by atoms with E-state index in [4.69, 9.17) is 10.00 Å². The van der Waals surface area contributed by atoms with Crippen LogP contribution >= 0.6 is 11.8 Å². The lowest BCUT2D eigenvalue weighted by molar-refractivity contribution is 0.404. The van der Waals surface area contributed by atoms with Crippen molar-refractivity contribution in [2.75, 3.05) is 7.11 Å². The number of ether oxygens (including phenoxy) is 1. The molecular formula is C14H19NOS. The van der Waals surface area contributed by atoms with E-state index in [9.17, 15) is 0 Å². The van der Waals surface area contributed by atoms with Crippen LogP contribution in [0.1, 0.15) is 25.0 Å². The van der Waals surface area contributed by atoms with Gasteiger partial charge >= 0.3 is 0 Å². The summed E-state index contributed by atoms with van der Waals surface area (Å²) in [6.07, 6.45) is 0. The van der Waals surface area contributed by atoms with Crippen molar-refractivity contribution in [3.05, 3.63) is 23.3 Å². The van der Waals surface area contributed by atoms with Crippen LogP contribution in [0.5, 0.6) is 5.75 Å². The molecule has 0 saturated heterocycles. The summed E-state index contributed by atoms with van der Waals surface area (Å²) in [4.78, 5) is 1.05. The van der Waals surface area contributed by atoms with Gasteiger partial charge in [0.15, 0.2) is 0 Å². The van der Waals surface area contributed by atoms with E-state index in [-0.39, 0.29) is 5.25 Å². The van der Waals surface area contributed by atoms with Crippen molar-refractivity contribution < 1.29 is 4.74 Å². The van der Waals surface area contributed by atoms with Crippen LogP contribution in [-0.2, 0) is 0 Å². The van der Waals surface area contributed by atoms with E-state index >= 15 is 0 Å². The molecule has 0 N–H and O–H groups in total. The number of methoxy groups -OCH3 is 1. The molecule has 0 amide bonds. The standard InChI is InChI=1S/C14H19NOS/c1-9(2)14(8-15)17-13-7-11(4)10(3)6-12(13)16-5/h6-7,9,14H,1-5H3. The Morgan fingerprint density at radius 1 is 1.24 bits per heavy atom. The van der Waals surface area contributed by atoms with Gasteiger partial charge in [0.2, 0.25) is 0 Å². The second-order valence-electron chi connectivity index (χ2n) is 4.50. The molecule has 17 heavy (non-hydrogen) atoms. The van der Waals surface area contributed by atoms with Crippen molar-refractivity contribution in [2.45, 2.75) is 37.8 Å². The minimum Gasteiger partial charge on any atom is -0.496 e. The van der Waals surface area contributed by atoms with Crippen molar-refractivity contribution in [1.82, 2.24) is 0 Å². The lowest BCUT2D eigenvalue weighted by Crippen LogP contribution is -2.08. The Hall–Kier alpha value is -1.14. The van der Waals surface area contributed by atoms with E-state index in [0.717, 1.165) is 10.6 Å². The molecule has 1 aromatic rings. The molecule has 0 bridgehead atoms. The molecule has 0 aliphatic heterocycles. The van der Waals surface area contributed by atoms with Gasteiger partial charge in [0, 0.05) is 0 Å². The molecule has 0 heterocycles. The predicted molar refractivity (Wildman–Crippen MR) is 72.6 cm³/mol. The monoisotopic (exact) mass is 249 g/mol. The van der Waals surface area contributed by atoms with E-state index in [2.05, 4.69) is 39.8 Å².